The lowest BCUT2D eigenvalue weighted by Crippen LogP contribution is -2.08. The number of aryl methyl sites for hydroxylation is 1. The summed E-state index contributed by atoms with van der Waals surface area (Å²) in [4.78, 5) is 4.16. The second-order valence-electron chi connectivity index (χ2n) is 3.44. The van der Waals surface area contributed by atoms with Crippen molar-refractivity contribution in [1.29, 1.82) is 0 Å². The lowest BCUT2D eigenvalue weighted by Gasteiger charge is -2.10. The number of hydrogen-bond acceptors (Lipinski definition) is 3. The lowest BCUT2D eigenvalue weighted by atomic mass is 10.2. The molecule has 0 saturated carbocycles. The maximum atomic E-state index is 10.0. The van der Waals surface area contributed by atoms with E-state index in [1.165, 1.54) is 6.26 Å². The second kappa shape index (κ2) is 4.31. The number of hydrogen-bond donors (Lipinski definition) is 1. The van der Waals surface area contributed by atoms with E-state index in [4.69, 9.17) is 4.42 Å². The van der Waals surface area contributed by atoms with Crippen molar-refractivity contribution in [3.8, 4) is 0 Å². The molecule has 0 aromatic carbocycles. The summed E-state index contributed by atoms with van der Waals surface area (Å²) < 4.78 is 6.89. The van der Waals surface area contributed by atoms with Crippen molar-refractivity contribution in [3.05, 3.63) is 42.4 Å². The zero-order valence-electron chi connectivity index (χ0n) is 8.63. The maximum absolute atomic E-state index is 10.0. The molecule has 0 radical (unpaired) electrons. The van der Waals surface area contributed by atoms with Gasteiger partial charge < -0.3 is 14.1 Å². The first kappa shape index (κ1) is 9.98. The van der Waals surface area contributed by atoms with E-state index in [0.29, 0.717) is 5.82 Å². The molecule has 0 fully saturated rings. The fourth-order valence-electron chi connectivity index (χ4n) is 1.58. The van der Waals surface area contributed by atoms with E-state index in [1.54, 1.807) is 18.5 Å². The van der Waals surface area contributed by atoms with Gasteiger partial charge in [0.25, 0.3) is 0 Å². The van der Waals surface area contributed by atoms with E-state index in [-0.39, 0.29) is 0 Å². The van der Waals surface area contributed by atoms with Crippen molar-refractivity contribution in [1.82, 2.24) is 9.55 Å². The van der Waals surface area contributed by atoms with Gasteiger partial charge in [-0.1, -0.05) is 6.92 Å². The summed E-state index contributed by atoms with van der Waals surface area (Å²) in [6.07, 6.45) is 6.98. The Morgan fingerprint density at radius 1 is 1.60 bits per heavy atom. The first-order valence-corrected chi connectivity index (χ1v) is 5.04. The number of aromatic nitrogens is 2. The summed E-state index contributed by atoms with van der Waals surface area (Å²) in [6, 6.07) is 1.75. The molecule has 1 atom stereocenters. The van der Waals surface area contributed by atoms with Crippen LogP contribution in [0.3, 0.4) is 0 Å². The molecule has 0 amide bonds. The highest BCUT2D eigenvalue weighted by Gasteiger charge is 2.16. The third kappa shape index (κ3) is 1.94. The Balaban J connectivity index is 2.25. The summed E-state index contributed by atoms with van der Waals surface area (Å²) in [7, 11) is 0. The Labute approximate surface area is 88.2 Å². The minimum Gasteiger partial charge on any atom is -0.472 e. The highest BCUT2D eigenvalue weighted by molar-refractivity contribution is 5.17. The molecule has 2 aromatic heterocycles. The first-order valence-electron chi connectivity index (χ1n) is 5.04. The second-order valence-corrected chi connectivity index (χ2v) is 3.44. The largest absolute Gasteiger partial charge is 0.472 e. The van der Waals surface area contributed by atoms with Crippen molar-refractivity contribution < 1.29 is 9.52 Å². The van der Waals surface area contributed by atoms with Gasteiger partial charge in [0.1, 0.15) is 11.9 Å². The molecule has 2 rings (SSSR count). The zero-order valence-corrected chi connectivity index (χ0v) is 8.63. The topological polar surface area (TPSA) is 51.2 Å². The molecule has 0 aliphatic heterocycles. The maximum Gasteiger partial charge on any atom is 0.142 e. The molecular weight excluding hydrogens is 192 g/mol. The van der Waals surface area contributed by atoms with Gasteiger partial charge in [0, 0.05) is 24.5 Å². The molecule has 0 saturated heterocycles. The Kier molecular flexibility index (Phi) is 2.87. The average molecular weight is 206 g/mol. The molecule has 15 heavy (non-hydrogen) atoms. The van der Waals surface area contributed by atoms with Crippen molar-refractivity contribution in [2.24, 2.45) is 0 Å². The third-order valence-corrected chi connectivity index (χ3v) is 2.32. The van der Waals surface area contributed by atoms with Gasteiger partial charge in [-0.05, 0) is 12.5 Å². The molecule has 2 aromatic rings. The first-order chi connectivity index (χ1) is 7.33. The summed E-state index contributed by atoms with van der Waals surface area (Å²) in [5, 5.41) is 10.0. The van der Waals surface area contributed by atoms with Crippen LogP contribution >= 0.6 is 0 Å². The molecule has 4 heteroatoms. The van der Waals surface area contributed by atoms with Crippen LogP contribution in [0.2, 0.25) is 0 Å². The van der Waals surface area contributed by atoms with Gasteiger partial charge in [-0.15, -0.1) is 0 Å². The van der Waals surface area contributed by atoms with Gasteiger partial charge in [0.15, 0.2) is 0 Å². The van der Waals surface area contributed by atoms with Crippen LogP contribution in [0.5, 0.6) is 0 Å². The van der Waals surface area contributed by atoms with Crippen molar-refractivity contribution >= 4 is 0 Å². The fraction of sp³-hybridized carbons (Fsp3) is 0.364. The number of imidazole rings is 1. The van der Waals surface area contributed by atoms with Gasteiger partial charge in [0.2, 0.25) is 0 Å². The molecule has 0 aliphatic carbocycles. The van der Waals surface area contributed by atoms with E-state index in [9.17, 15) is 5.11 Å². The Morgan fingerprint density at radius 2 is 2.47 bits per heavy atom. The van der Waals surface area contributed by atoms with Crippen LogP contribution < -0.4 is 0 Å². The molecule has 80 valence electrons. The number of aliphatic hydroxyl groups excluding tert-OH is 1. The zero-order chi connectivity index (χ0) is 10.7. The van der Waals surface area contributed by atoms with Crippen LogP contribution in [-0.2, 0) is 6.54 Å². The number of nitrogens with zero attached hydrogens (tertiary/aromatic N) is 2. The average Bonchev–Trinajstić information content (AvgIpc) is 2.87. The number of rotatable bonds is 4. The Morgan fingerprint density at radius 3 is 3.13 bits per heavy atom. The Hall–Kier alpha value is -1.55. The van der Waals surface area contributed by atoms with E-state index in [0.717, 1.165) is 18.5 Å². The molecule has 4 nitrogen and oxygen atoms in total. The van der Waals surface area contributed by atoms with E-state index in [2.05, 4.69) is 11.9 Å². The normalized spacial score (nSPS) is 12.9. The minimum atomic E-state index is -0.703. The number of aliphatic hydroxyl groups is 1. The SMILES string of the molecule is CCCn1ccnc1C(O)c1ccoc1. The summed E-state index contributed by atoms with van der Waals surface area (Å²) in [6.45, 7) is 2.96. The minimum absolute atomic E-state index is 0.665. The molecular formula is C11H14N2O2. The standard InChI is InChI=1S/C11H14N2O2/c1-2-5-13-6-4-12-11(13)10(14)9-3-7-15-8-9/h3-4,6-8,10,14H,2,5H2,1H3. The molecule has 0 spiro atoms. The van der Waals surface area contributed by atoms with Gasteiger partial charge >= 0.3 is 0 Å². The van der Waals surface area contributed by atoms with Crippen molar-refractivity contribution in [2.75, 3.05) is 0 Å². The van der Waals surface area contributed by atoms with E-state index < -0.39 is 6.10 Å². The third-order valence-electron chi connectivity index (χ3n) is 2.32. The van der Waals surface area contributed by atoms with Gasteiger partial charge in [0.05, 0.1) is 12.5 Å². The molecule has 1 unspecified atom stereocenters. The highest BCUT2D eigenvalue weighted by atomic mass is 16.3. The van der Waals surface area contributed by atoms with Crippen LogP contribution in [0.4, 0.5) is 0 Å². The highest BCUT2D eigenvalue weighted by Crippen LogP contribution is 2.20. The quantitative estimate of drug-likeness (QED) is 0.832. The Bertz CT molecular complexity index is 406. The monoisotopic (exact) mass is 206 g/mol. The van der Waals surface area contributed by atoms with Crippen molar-refractivity contribution in [3.63, 3.8) is 0 Å². The lowest BCUT2D eigenvalue weighted by molar-refractivity contribution is 0.203. The van der Waals surface area contributed by atoms with Crippen LogP contribution in [0.15, 0.2) is 35.4 Å². The van der Waals surface area contributed by atoms with Crippen LogP contribution in [0.25, 0.3) is 0 Å². The number of furan rings is 1. The van der Waals surface area contributed by atoms with Crippen LogP contribution in [-0.4, -0.2) is 14.7 Å². The predicted octanol–water partition coefficient (Wildman–Crippen LogP) is 1.97. The molecule has 1 N–H and O–H groups in total. The van der Waals surface area contributed by atoms with E-state index >= 15 is 0 Å². The van der Waals surface area contributed by atoms with E-state index in [1.807, 2.05) is 10.8 Å². The smallest absolute Gasteiger partial charge is 0.142 e. The van der Waals surface area contributed by atoms with Crippen LogP contribution in [0.1, 0.15) is 30.8 Å². The van der Waals surface area contributed by atoms with Gasteiger partial charge in [-0.2, -0.15) is 0 Å². The fourth-order valence-corrected chi connectivity index (χ4v) is 1.58. The summed E-state index contributed by atoms with van der Waals surface area (Å²) >= 11 is 0. The molecule has 2 heterocycles. The van der Waals surface area contributed by atoms with Gasteiger partial charge in [-0.3, -0.25) is 0 Å². The molecule has 0 bridgehead atoms. The van der Waals surface area contributed by atoms with Crippen LogP contribution in [0, 0.1) is 0 Å². The predicted molar refractivity (Wildman–Crippen MR) is 55.3 cm³/mol. The van der Waals surface area contributed by atoms with Crippen molar-refractivity contribution in [2.45, 2.75) is 26.0 Å². The summed E-state index contributed by atoms with van der Waals surface area (Å²) in [5.74, 6) is 0.665. The van der Waals surface area contributed by atoms with Gasteiger partial charge in [-0.25, -0.2) is 4.98 Å². The molecule has 0 aliphatic rings. The summed E-state index contributed by atoms with van der Waals surface area (Å²) in [5.41, 5.74) is 0.735.